The van der Waals surface area contributed by atoms with Crippen LogP contribution in [0.2, 0.25) is 0 Å². The Balaban J connectivity index is 2.16. The number of hydrogen-bond donors (Lipinski definition) is 1. The topological polar surface area (TPSA) is 21.3 Å². The number of benzene rings is 2. The lowest BCUT2D eigenvalue weighted by molar-refractivity contribution is 0.205. The molecule has 2 aromatic carbocycles. The van der Waals surface area contributed by atoms with Crippen LogP contribution < -0.4 is 10.1 Å². The van der Waals surface area contributed by atoms with Gasteiger partial charge in [0, 0.05) is 11.0 Å². The fourth-order valence-electron chi connectivity index (χ4n) is 1.79. The van der Waals surface area contributed by atoms with Gasteiger partial charge in [-0.15, -0.1) is 0 Å². The molecule has 0 amide bonds. The summed E-state index contributed by atoms with van der Waals surface area (Å²) in [5, 5.41) is 3.16. The van der Waals surface area contributed by atoms with Crippen molar-refractivity contribution in [1.29, 1.82) is 0 Å². The van der Waals surface area contributed by atoms with Crippen molar-refractivity contribution in [2.24, 2.45) is 0 Å². The summed E-state index contributed by atoms with van der Waals surface area (Å²) >= 11 is 3.45. The van der Waals surface area contributed by atoms with Crippen molar-refractivity contribution in [3.05, 3.63) is 64.6 Å². The Morgan fingerprint density at radius 2 is 1.89 bits per heavy atom. The minimum absolute atomic E-state index is 0.0190. The van der Waals surface area contributed by atoms with Crippen LogP contribution in [0.3, 0.4) is 0 Å². The van der Waals surface area contributed by atoms with Crippen molar-refractivity contribution in [3.8, 4) is 5.75 Å². The highest BCUT2D eigenvalue weighted by Gasteiger charge is 2.12. The second-order valence-corrected chi connectivity index (χ2v) is 4.95. The molecule has 0 aliphatic heterocycles. The second-order valence-electron chi connectivity index (χ2n) is 4.03. The standard InChI is InChI=1S/C15H16BrNO/c1-17-11-15(12-6-3-2-4-7-12)18-14-9-5-8-13(16)10-14/h2-10,15,17H,11H2,1H3. The van der Waals surface area contributed by atoms with Crippen molar-refractivity contribution in [2.75, 3.05) is 13.6 Å². The molecule has 0 saturated carbocycles. The molecule has 2 aromatic rings. The van der Waals surface area contributed by atoms with Crippen LogP contribution in [-0.4, -0.2) is 13.6 Å². The molecule has 1 unspecified atom stereocenters. The van der Waals surface area contributed by atoms with Crippen molar-refractivity contribution < 1.29 is 4.74 Å². The summed E-state index contributed by atoms with van der Waals surface area (Å²) in [5.41, 5.74) is 1.17. The summed E-state index contributed by atoms with van der Waals surface area (Å²) in [4.78, 5) is 0. The maximum absolute atomic E-state index is 6.03. The van der Waals surface area contributed by atoms with Gasteiger partial charge in [0.15, 0.2) is 0 Å². The predicted octanol–water partition coefficient (Wildman–Crippen LogP) is 3.79. The van der Waals surface area contributed by atoms with E-state index in [2.05, 4.69) is 33.4 Å². The van der Waals surface area contributed by atoms with Gasteiger partial charge in [0.05, 0.1) is 0 Å². The van der Waals surface area contributed by atoms with E-state index in [0.29, 0.717) is 0 Å². The molecule has 0 aromatic heterocycles. The van der Waals surface area contributed by atoms with E-state index >= 15 is 0 Å². The number of likely N-dealkylation sites (N-methyl/N-ethyl adjacent to an activating group) is 1. The first-order chi connectivity index (χ1) is 8.79. The third kappa shape index (κ3) is 3.59. The van der Waals surface area contributed by atoms with Crippen LogP contribution in [0.15, 0.2) is 59.1 Å². The summed E-state index contributed by atoms with van der Waals surface area (Å²) in [7, 11) is 1.93. The normalized spacial score (nSPS) is 12.1. The van der Waals surface area contributed by atoms with E-state index in [1.807, 2.05) is 49.5 Å². The van der Waals surface area contributed by atoms with Crippen molar-refractivity contribution in [3.63, 3.8) is 0 Å². The predicted molar refractivity (Wildman–Crippen MR) is 77.9 cm³/mol. The van der Waals surface area contributed by atoms with Crippen molar-refractivity contribution >= 4 is 15.9 Å². The van der Waals surface area contributed by atoms with E-state index in [-0.39, 0.29) is 6.10 Å². The summed E-state index contributed by atoms with van der Waals surface area (Å²) in [6, 6.07) is 18.1. The fourth-order valence-corrected chi connectivity index (χ4v) is 2.16. The van der Waals surface area contributed by atoms with Crippen LogP contribution in [0.25, 0.3) is 0 Å². The van der Waals surface area contributed by atoms with Crippen LogP contribution in [0.4, 0.5) is 0 Å². The lowest BCUT2D eigenvalue weighted by Gasteiger charge is -2.19. The van der Waals surface area contributed by atoms with Gasteiger partial charge < -0.3 is 10.1 Å². The molecule has 2 nitrogen and oxygen atoms in total. The molecule has 0 aliphatic rings. The average molecular weight is 306 g/mol. The SMILES string of the molecule is CNCC(Oc1cccc(Br)c1)c1ccccc1. The molecule has 3 heteroatoms. The molecule has 1 N–H and O–H groups in total. The molecule has 0 saturated heterocycles. The largest absolute Gasteiger partial charge is 0.484 e. The molecule has 0 aliphatic carbocycles. The van der Waals surface area contributed by atoms with E-state index in [0.717, 1.165) is 16.8 Å². The minimum Gasteiger partial charge on any atom is -0.484 e. The smallest absolute Gasteiger partial charge is 0.136 e. The van der Waals surface area contributed by atoms with Gasteiger partial charge in [0.2, 0.25) is 0 Å². The molecular formula is C15H16BrNO. The monoisotopic (exact) mass is 305 g/mol. The zero-order valence-corrected chi connectivity index (χ0v) is 11.9. The van der Waals surface area contributed by atoms with Gasteiger partial charge in [0.25, 0.3) is 0 Å². The van der Waals surface area contributed by atoms with Crippen molar-refractivity contribution in [1.82, 2.24) is 5.32 Å². The Morgan fingerprint density at radius 3 is 2.56 bits per heavy atom. The highest BCUT2D eigenvalue weighted by molar-refractivity contribution is 9.10. The first-order valence-electron chi connectivity index (χ1n) is 5.91. The number of ether oxygens (including phenoxy) is 1. The Morgan fingerprint density at radius 1 is 1.11 bits per heavy atom. The first kappa shape index (κ1) is 13.1. The molecular weight excluding hydrogens is 290 g/mol. The molecule has 94 valence electrons. The molecule has 0 heterocycles. The van der Waals surface area contributed by atoms with Gasteiger partial charge in [-0.3, -0.25) is 0 Å². The summed E-state index contributed by atoms with van der Waals surface area (Å²) < 4.78 is 7.05. The molecule has 0 fully saturated rings. The quantitative estimate of drug-likeness (QED) is 0.907. The second kappa shape index (κ2) is 6.57. The molecule has 2 rings (SSSR count). The molecule has 1 atom stereocenters. The van der Waals surface area contributed by atoms with E-state index < -0.39 is 0 Å². The summed E-state index contributed by atoms with van der Waals surface area (Å²) in [6.07, 6.45) is 0.0190. The summed E-state index contributed by atoms with van der Waals surface area (Å²) in [5.74, 6) is 0.869. The highest BCUT2D eigenvalue weighted by atomic mass is 79.9. The van der Waals surface area contributed by atoms with Gasteiger partial charge in [-0.05, 0) is 30.8 Å². The first-order valence-corrected chi connectivity index (χ1v) is 6.70. The Labute approximate surface area is 116 Å². The third-order valence-corrected chi connectivity index (χ3v) is 3.13. The molecule has 0 spiro atoms. The fraction of sp³-hybridized carbons (Fsp3) is 0.200. The average Bonchev–Trinajstić information content (AvgIpc) is 2.39. The van der Waals surface area contributed by atoms with Gasteiger partial charge in [-0.1, -0.05) is 52.3 Å². The van der Waals surface area contributed by atoms with Crippen LogP contribution in [-0.2, 0) is 0 Å². The maximum atomic E-state index is 6.03. The number of nitrogens with one attached hydrogen (secondary N) is 1. The van der Waals surface area contributed by atoms with E-state index in [1.54, 1.807) is 0 Å². The van der Waals surface area contributed by atoms with Gasteiger partial charge in [-0.25, -0.2) is 0 Å². The Kier molecular flexibility index (Phi) is 4.79. The third-order valence-electron chi connectivity index (χ3n) is 2.64. The van der Waals surface area contributed by atoms with Crippen molar-refractivity contribution in [2.45, 2.75) is 6.10 Å². The van der Waals surface area contributed by atoms with Gasteiger partial charge in [-0.2, -0.15) is 0 Å². The van der Waals surface area contributed by atoms with Gasteiger partial charge in [0.1, 0.15) is 11.9 Å². The maximum Gasteiger partial charge on any atom is 0.136 e. The Hall–Kier alpha value is -1.32. The van der Waals surface area contributed by atoms with E-state index in [1.165, 1.54) is 5.56 Å². The number of rotatable bonds is 5. The highest BCUT2D eigenvalue weighted by Crippen LogP contribution is 2.24. The molecule has 0 radical (unpaired) electrons. The molecule has 18 heavy (non-hydrogen) atoms. The van der Waals surface area contributed by atoms with Gasteiger partial charge >= 0.3 is 0 Å². The van der Waals surface area contributed by atoms with Crippen LogP contribution >= 0.6 is 15.9 Å². The lowest BCUT2D eigenvalue weighted by atomic mass is 10.1. The van der Waals surface area contributed by atoms with Crippen LogP contribution in [0.5, 0.6) is 5.75 Å². The zero-order valence-electron chi connectivity index (χ0n) is 10.3. The number of hydrogen-bond acceptors (Lipinski definition) is 2. The molecule has 0 bridgehead atoms. The minimum atomic E-state index is 0.0190. The van der Waals surface area contributed by atoms with E-state index in [4.69, 9.17) is 4.74 Å². The Bertz CT molecular complexity index is 487. The van der Waals surface area contributed by atoms with Crippen LogP contribution in [0, 0.1) is 0 Å². The lowest BCUT2D eigenvalue weighted by Crippen LogP contribution is -2.21. The summed E-state index contributed by atoms with van der Waals surface area (Å²) in [6.45, 7) is 0.774. The zero-order chi connectivity index (χ0) is 12.8. The van der Waals surface area contributed by atoms with E-state index in [9.17, 15) is 0 Å². The number of halogens is 1. The van der Waals surface area contributed by atoms with Crippen LogP contribution in [0.1, 0.15) is 11.7 Å².